The summed E-state index contributed by atoms with van der Waals surface area (Å²) < 4.78 is 30.3. The SMILES string of the molecule is O=C(NCC1(c2c(F)cccc2F)CCCC1)c1ccc(-n2cnnn2)cc1. The van der Waals surface area contributed by atoms with E-state index < -0.39 is 17.0 Å². The van der Waals surface area contributed by atoms with Gasteiger partial charge in [0.25, 0.3) is 5.91 Å². The topological polar surface area (TPSA) is 72.7 Å². The lowest BCUT2D eigenvalue weighted by Crippen LogP contribution is -2.40. The molecule has 28 heavy (non-hydrogen) atoms. The fourth-order valence-electron chi connectivity index (χ4n) is 3.97. The number of nitrogens with one attached hydrogen (secondary N) is 1. The maximum Gasteiger partial charge on any atom is 0.251 e. The Morgan fingerprint density at radius 3 is 2.36 bits per heavy atom. The van der Waals surface area contributed by atoms with Gasteiger partial charge in [0.1, 0.15) is 18.0 Å². The molecule has 0 aliphatic heterocycles. The molecule has 1 amide bonds. The summed E-state index contributed by atoms with van der Waals surface area (Å²) in [5.41, 5.74) is 0.556. The van der Waals surface area contributed by atoms with E-state index >= 15 is 0 Å². The first kappa shape index (κ1) is 18.2. The van der Waals surface area contributed by atoms with Crippen molar-refractivity contribution < 1.29 is 13.6 Å². The monoisotopic (exact) mass is 383 g/mol. The van der Waals surface area contributed by atoms with Crippen LogP contribution in [0.1, 0.15) is 41.6 Å². The number of benzene rings is 2. The van der Waals surface area contributed by atoms with Crippen LogP contribution in [-0.4, -0.2) is 32.7 Å². The molecule has 6 nitrogen and oxygen atoms in total. The Kier molecular flexibility index (Phi) is 4.85. The standard InChI is InChI=1S/C20H19F2N5O/c21-16-4-3-5-17(22)18(16)20(10-1-2-11-20)12-23-19(28)14-6-8-15(9-7-14)27-13-24-25-26-27/h3-9,13H,1-2,10-12H2,(H,23,28). The maximum absolute atomic E-state index is 14.4. The molecule has 0 atom stereocenters. The van der Waals surface area contributed by atoms with E-state index in [9.17, 15) is 13.6 Å². The lowest BCUT2D eigenvalue weighted by molar-refractivity contribution is 0.0942. The highest BCUT2D eigenvalue weighted by Crippen LogP contribution is 2.42. The van der Waals surface area contributed by atoms with Crippen molar-refractivity contribution in [2.75, 3.05) is 6.54 Å². The molecular weight excluding hydrogens is 364 g/mol. The summed E-state index contributed by atoms with van der Waals surface area (Å²) in [4.78, 5) is 12.6. The minimum absolute atomic E-state index is 0.0850. The van der Waals surface area contributed by atoms with Crippen molar-refractivity contribution >= 4 is 5.91 Å². The Morgan fingerprint density at radius 2 is 1.75 bits per heavy atom. The second-order valence-corrected chi connectivity index (χ2v) is 7.07. The van der Waals surface area contributed by atoms with Gasteiger partial charge in [0.05, 0.1) is 5.69 Å². The fraction of sp³-hybridized carbons (Fsp3) is 0.300. The largest absolute Gasteiger partial charge is 0.351 e. The molecular formula is C20H19F2N5O. The molecule has 0 unspecified atom stereocenters. The van der Waals surface area contributed by atoms with E-state index in [1.807, 2.05) is 0 Å². The smallest absolute Gasteiger partial charge is 0.251 e. The maximum atomic E-state index is 14.4. The quantitative estimate of drug-likeness (QED) is 0.735. The Hall–Kier alpha value is -3.16. The highest BCUT2D eigenvalue weighted by molar-refractivity contribution is 5.94. The van der Waals surface area contributed by atoms with Crippen molar-refractivity contribution in [2.24, 2.45) is 0 Å². The van der Waals surface area contributed by atoms with Gasteiger partial charge in [-0.05, 0) is 59.7 Å². The molecule has 0 saturated heterocycles. The van der Waals surface area contributed by atoms with Crippen LogP contribution in [0.5, 0.6) is 0 Å². The number of carbonyl (C=O) groups excluding carboxylic acids is 1. The van der Waals surface area contributed by atoms with Crippen LogP contribution in [0.3, 0.4) is 0 Å². The minimum atomic E-state index is -0.711. The van der Waals surface area contributed by atoms with Gasteiger partial charge in [-0.15, -0.1) is 5.10 Å². The lowest BCUT2D eigenvalue weighted by atomic mass is 9.78. The summed E-state index contributed by atoms with van der Waals surface area (Å²) in [6.07, 6.45) is 4.50. The molecule has 0 bridgehead atoms. The van der Waals surface area contributed by atoms with Gasteiger partial charge in [-0.25, -0.2) is 13.5 Å². The number of rotatable bonds is 5. The molecule has 1 aromatic heterocycles. The number of hydrogen-bond donors (Lipinski definition) is 1. The van der Waals surface area contributed by atoms with Crippen molar-refractivity contribution in [3.8, 4) is 5.69 Å². The first-order valence-corrected chi connectivity index (χ1v) is 9.15. The van der Waals surface area contributed by atoms with E-state index in [0.29, 0.717) is 18.4 Å². The number of amides is 1. The molecule has 1 aliphatic carbocycles. The van der Waals surface area contributed by atoms with Crippen LogP contribution in [0.15, 0.2) is 48.8 Å². The molecule has 1 heterocycles. The minimum Gasteiger partial charge on any atom is -0.351 e. The third kappa shape index (κ3) is 3.37. The van der Waals surface area contributed by atoms with Crippen molar-refractivity contribution in [1.82, 2.24) is 25.5 Å². The summed E-state index contributed by atoms with van der Waals surface area (Å²) in [5.74, 6) is -1.39. The van der Waals surface area contributed by atoms with E-state index in [1.54, 1.807) is 24.3 Å². The van der Waals surface area contributed by atoms with E-state index in [0.717, 1.165) is 18.5 Å². The second kappa shape index (κ2) is 7.46. The third-order valence-corrected chi connectivity index (χ3v) is 5.38. The summed E-state index contributed by atoms with van der Waals surface area (Å²) in [6, 6.07) is 10.7. The highest BCUT2D eigenvalue weighted by Gasteiger charge is 2.40. The van der Waals surface area contributed by atoms with Crippen molar-refractivity contribution in [3.63, 3.8) is 0 Å². The van der Waals surface area contributed by atoms with Crippen LogP contribution in [0.25, 0.3) is 5.69 Å². The first-order chi connectivity index (χ1) is 13.6. The van der Waals surface area contributed by atoms with Gasteiger partial charge in [-0.3, -0.25) is 4.79 Å². The molecule has 144 valence electrons. The first-order valence-electron chi connectivity index (χ1n) is 9.15. The van der Waals surface area contributed by atoms with Gasteiger partial charge in [-0.2, -0.15) is 0 Å². The molecule has 8 heteroatoms. The summed E-state index contributed by atoms with van der Waals surface area (Å²) in [7, 11) is 0. The zero-order valence-electron chi connectivity index (χ0n) is 15.1. The molecule has 1 saturated carbocycles. The van der Waals surface area contributed by atoms with Crippen LogP contribution in [0.2, 0.25) is 0 Å². The van der Waals surface area contributed by atoms with Crippen LogP contribution >= 0.6 is 0 Å². The zero-order chi connectivity index (χ0) is 19.6. The van der Waals surface area contributed by atoms with Crippen molar-refractivity contribution in [2.45, 2.75) is 31.1 Å². The van der Waals surface area contributed by atoms with Crippen LogP contribution in [-0.2, 0) is 5.41 Å². The van der Waals surface area contributed by atoms with Crippen LogP contribution in [0, 0.1) is 11.6 Å². The Bertz CT molecular complexity index is 947. The molecule has 0 spiro atoms. The number of aromatic nitrogens is 4. The van der Waals surface area contributed by atoms with E-state index in [-0.39, 0.29) is 18.0 Å². The molecule has 1 fully saturated rings. The number of carbonyl (C=O) groups is 1. The molecule has 1 aliphatic rings. The Morgan fingerprint density at radius 1 is 1.07 bits per heavy atom. The Balaban J connectivity index is 1.51. The van der Waals surface area contributed by atoms with Gasteiger partial charge in [0.2, 0.25) is 0 Å². The van der Waals surface area contributed by atoms with Crippen LogP contribution in [0.4, 0.5) is 8.78 Å². The van der Waals surface area contributed by atoms with Gasteiger partial charge in [0, 0.05) is 23.1 Å². The molecule has 2 aromatic carbocycles. The fourth-order valence-corrected chi connectivity index (χ4v) is 3.97. The lowest BCUT2D eigenvalue weighted by Gasteiger charge is -2.30. The van der Waals surface area contributed by atoms with Gasteiger partial charge in [0.15, 0.2) is 0 Å². The summed E-state index contributed by atoms with van der Waals surface area (Å²) in [5, 5.41) is 13.8. The predicted molar refractivity (Wildman–Crippen MR) is 98.0 cm³/mol. The number of halogens is 2. The third-order valence-electron chi connectivity index (χ3n) is 5.38. The van der Waals surface area contributed by atoms with E-state index in [4.69, 9.17) is 0 Å². The number of hydrogen-bond acceptors (Lipinski definition) is 4. The summed E-state index contributed by atoms with van der Waals surface area (Å²) >= 11 is 0. The predicted octanol–water partition coefficient (Wildman–Crippen LogP) is 3.18. The molecule has 0 radical (unpaired) electrons. The number of tetrazole rings is 1. The molecule has 1 N–H and O–H groups in total. The average molecular weight is 383 g/mol. The van der Waals surface area contributed by atoms with Crippen molar-refractivity contribution in [3.05, 3.63) is 71.6 Å². The molecule has 3 aromatic rings. The van der Waals surface area contributed by atoms with Gasteiger partial charge >= 0.3 is 0 Å². The highest BCUT2D eigenvalue weighted by atomic mass is 19.1. The summed E-state index contributed by atoms with van der Waals surface area (Å²) in [6.45, 7) is 0.193. The second-order valence-electron chi connectivity index (χ2n) is 7.07. The Labute approximate surface area is 160 Å². The van der Waals surface area contributed by atoms with Crippen molar-refractivity contribution in [1.29, 1.82) is 0 Å². The van der Waals surface area contributed by atoms with Gasteiger partial charge < -0.3 is 5.32 Å². The van der Waals surface area contributed by atoms with E-state index in [1.165, 1.54) is 29.2 Å². The molecule has 4 rings (SSSR count). The average Bonchev–Trinajstić information content (AvgIpc) is 3.39. The van der Waals surface area contributed by atoms with Crippen LogP contribution < -0.4 is 5.32 Å². The van der Waals surface area contributed by atoms with E-state index in [2.05, 4.69) is 20.8 Å². The normalized spacial score (nSPS) is 15.5. The van der Waals surface area contributed by atoms with Gasteiger partial charge in [-0.1, -0.05) is 18.9 Å². The number of nitrogens with zero attached hydrogens (tertiary/aromatic N) is 4. The zero-order valence-corrected chi connectivity index (χ0v) is 15.1.